The van der Waals surface area contributed by atoms with Crippen LogP contribution in [-0.2, 0) is 26.3 Å². The van der Waals surface area contributed by atoms with E-state index < -0.39 is 25.8 Å². The third-order valence-corrected chi connectivity index (χ3v) is 7.38. The summed E-state index contributed by atoms with van der Waals surface area (Å²) in [6, 6.07) is 13.6. The minimum Gasteiger partial charge on any atom is -0.497 e. The first-order chi connectivity index (χ1) is 16.0. The van der Waals surface area contributed by atoms with Crippen LogP contribution in [0.1, 0.15) is 21.7 Å². The number of methoxy groups -OCH3 is 1. The molecule has 0 unspecified atom stereocenters. The molecule has 176 valence electrons. The standard InChI is InChI=1S/C23H21N3O6S2/c1-32-18-8-10-19(11-9-18)34(30,31)20-5-3-4-16(13-20)24-23(27)22-12-15-6-7-17(14-21(15)25-22)26-33(2,28)29/h3-13,25H,14H2,1-2H3,(H,24,27). The molecule has 0 spiro atoms. The van der Waals surface area contributed by atoms with Crippen molar-refractivity contribution >= 4 is 43.2 Å². The fourth-order valence-corrected chi connectivity index (χ4v) is 5.32. The van der Waals surface area contributed by atoms with Gasteiger partial charge < -0.3 is 15.0 Å². The highest BCUT2D eigenvalue weighted by Gasteiger charge is 2.20. The van der Waals surface area contributed by atoms with E-state index >= 15 is 0 Å². The Bertz CT molecular complexity index is 1530. The largest absolute Gasteiger partial charge is 0.497 e. The highest BCUT2D eigenvalue weighted by molar-refractivity contribution is 7.91. The van der Waals surface area contributed by atoms with Gasteiger partial charge in [-0.1, -0.05) is 12.1 Å². The van der Waals surface area contributed by atoms with Crippen molar-refractivity contribution in [2.75, 3.05) is 18.7 Å². The predicted molar refractivity (Wildman–Crippen MR) is 129 cm³/mol. The Balaban J connectivity index is 1.54. The maximum absolute atomic E-state index is 13.0. The van der Waals surface area contributed by atoms with Gasteiger partial charge in [0.05, 0.1) is 28.9 Å². The van der Waals surface area contributed by atoms with Crippen LogP contribution in [0.2, 0.25) is 0 Å². The zero-order chi connectivity index (χ0) is 24.5. The normalized spacial score (nSPS) is 14.6. The van der Waals surface area contributed by atoms with Crippen molar-refractivity contribution in [1.82, 2.24) is 4.98 Å². The van der Waals surface area contributed by atoms with Gasteiger partial charge in [0.2, 0.25) is 19.9 Å². The van der Waals surface area contributed by atoms with Gasteiger partial charge in [0.1, 0.15) is 11.4 Å². The molecule has 2 aromatic carbocycles. The van der Waals surface area contributed by atoms with Crippen LogP contribution in [0, 0.1) is 0 Å². The highest BCUT2D eigenvalue weighted by atomic mass is 32.2. The van der Waals surface area contributed by atoms with Crippen LogP contribution in [0.25, 0.3) is 6.08 Å². The molecule has 11 heteroatoms. The Hall–Kier alpha value is -3.70. The van der Waals surface area contributed by atoms with Crippen molar-refractivity contribution in [2.45, 2.75) is 16.2 Å². The summed E-state index contributed by atoms with van der Waals surface area (Å²) in [6.07, 6.45) is 4.52. The quantitative estimate of drug-likeness (QED) is 0.535. The van der Waals surface area contributed by atoms with Crippen molar-refractivity contribution < 1.29 is 26.4 Å². The Morgan fingerprint density at radius 3 is 2.41 bits per heavy atom. The number of aromatic nitrogens is 1. The van der Waals surface area contributed by atoms with E-state index in [0.717, 1.165) is 11.8 Å². The van der Waals surface area contributed by atoms with Gasteiger partial charge in [-0.3, -0.25) is 4.79 Å². The average Bonchev–Trinajstić information content (AvgIpc) is 3.22. The molecule has 9 nitrogen and oxygen atoms in total. The Morgan fingerprint density at radius 1 is 1.00 bits per heavy atom. The number of ether oxygens (including phenoxy) is 1. The molecule has 0 bridgehead atoms. The second-order valence-corrected chi connectivity index (χ2v) is 11.2. The van der Waals surface area contributed by atoms with E-state index in [0.29, 0.717) is 22.8 Å². The second-order valence-electron chi connectivity index (χ2n) is 7.60. The number of fused-ring (bicyclic) bond motifs is 1. The SMILES string of the molecule is COc1ccc(S(=O)(=O)c2cccc(NC(=O)c3cc4c([nH]3)CC(=NS(C)(=O)=O)C=C4)c2)cc1. The van der Waals surface area contributed by atoms with E-state index in [1.54, 1.807) is 42.5 Å². The number of allylic oxidation sites excluding steroid dienone is 1. The summed E-state index contributed by atoms with van der Waals surface area (Å²) in [4.78, 5) is 15.9. The fraction of sp³-hybridized carbons (Fsp3) is 0.130. The molecule has 0 aliphatic heterocycles. The second kappa shape index (κ2) is 8.92. The van der Waals surface area contributed by atoms with Crippen LogP contribution >= 0.6 is 0 Å². The number of hydrogen-bond acceptors (Lipinski definition) is 6. The van der Waals surface area contributed by atoms with Crippen LogP contribution in [0.3, 0.4) is 0 Å². The monoisotopic (exact) mass is 499 g/mol. The van der Waals surface area contributed by atoms with Crippen molar-refractivity contribution in [1.29, 1.82) is 0 Å². The molecule has 4 rings (SSSR count). The van der Waals surface area contributed by atoms with Gasteiger partial charge in [-0.25, -0.2) is 16.8 Å². The third kappa shape index (κ3) is 5.10. The molecule has 1 aromatic heterocycles. The molecular formula is C23H21N3O6S2. The zero-order valence-electron chi connectivity index (χ0n) is 18.3. The van der Waals surface area contributed by atoms with E-state index in [-0.39, 0.29) is 21.9 Å². The third-order valence-electron chi connectivity index (χ3n) is 5.05. The molecule has 1 amide bonds. The van der Waals surface area contributed by atoms with Gasteiger partial charge in [-0.2, -0.15) is 4.40 Å². The number of benzene rings is 2. The van der Waals surface area contributed by atoms with E-state index in [9.17, 15) is 21.6 Å². The number of carbonyl (C=O) groups excluding carboxylic acids is 1. The lowest BCUT2D eigenvalue weighted by Gasteiger charge is -2.09. The van der Waals surface area contributed by atoms with E-state index in [4.69, 9.17) is 4.74 Å². The minimum absolute atomic E-state index is 0.0332. The van der Waals surface area contributed by atoms with Crippen LogP contribution in [0.15, 0.2) is 74.9 Å². The molecule has 1 aliphatic carbocycles. The molecule has 0 atom stereocenters. The first kappa shape index (κ1) is 23.5. The van der Waals surface area contributed by atoms with Gasteiger partial charge in [0.15, 0.2) is 0 Å². The topological polar surface area (TPSA) is 135 Å². The van der Waals surface area contributed by atoms with Crippen LogP contribution in [0.5, 0.6) is 5.75 Å². The predicted octanol–water partition coefficient (Wildman–Crippen LogP) is 3.08. The number of H-pyrrole nitrogens is 1. The molecule has 1 heterocycles. The number of amides is 1. The Morgan fingerprint density at radius 2 is 1.74 bits per heavy atom. The molecule has 3 aromatic rings. The van der Waals surface area contributed by atoms with Crippen molar-refractivity contribution in [3.8, 4) is 5.75 Å². The fourth-order valence-electron chi connectivity index (χ4n) is 3.46. The molecule has 34 heavy (non-hydrogen) atoms. The van der Waals surface area contributed by atoms with Crippen molar-refractivity contribution in [3.05, 3.63) is 77.6 Å². The molecule has 0 radical (unpaired) electrons. The van der Waals surface area contributed by atoms with Gasteiger partial charge in [-0.15, -0.1) is 0 Å². The highest BCUT2D eigenvalue weighted by Crippen LogP contribution is 2.26. The van der Waals surface area contributed by atoms with Gasteiger partial charge in [0.25, 0.3) is 5.91 Å². The molecule has 1 aliphatic rings. The van der Waals surface area contributed by atoms with E-state index in [1.807, 2.05) is 0 Å². The van der Waals surface area contributed by atoms with E-state index in [1.165, 1.54) is 31.4 Å². The summed E-state index contributed by atoms with van der Waals surface area (Å²) in [7, 11) is -5.83. The number of carbonyl (C=O) groups is 1. The first-order valence-electron chi connectivity index (χ1n) is 10.0. The summed E-state index contributed by atoms with van der Waals surface area (Å²) in [5.74, 6) is 0.0709. The molecule has 0 fully saturated rings. The summed E-state index contributed by atoms with van der Waals surface area (Å²) in [5.41, 5.74) is 2.32. The summed E-state index contributed by atoms with van der Waals surface area (Å²) in [6.45, 7) is 0. The summed E-state index contributed by atoms with van der Waals surface area (Å²) < 4.78 is 57.5. The Kier molecular flexibility index (Phi) is 6.15. The summed E-state index contributed by atoms with van der Waals surface area (Å²) in [5, 5.41) is 2.69. The van der Waals surface area contributed by atoms with Gasteiger partial charge in [0, 0.05) is 17.8 Å². The van der Waals surface area contributed by atoms with Crippen LogP contribution < -0.4 is 10.1 Å². The average molecular weight is 500 g/mol. The number of nitrogens with one attached hydrogen (secondary N) is 2. The van der Waals surface area contributed by atoms with Crippen molar-refractivity contribution in [3.63, 3.8) is 0 Å². The number of hydrogen-bond donors (Lipinski definition) is 2. The maximum Gasteiger partial charge on any atom is 0.272 e. The lowest BCUT2D eigenvalue weighted by atomic mass is 10.0. The lowest BCUT2D eigenvalue weighted by molar-refractivity contribution is 0.102. The molecule has 0 saturated carbocycles. The van der Waals surface area contributed by atoms with Gasteiger partial charge in [-0.05, 0) is 60.2 Å². The maximum atomic E-state index is 13.0. The molecule has 2 N–H and O–H groups in total. The number of nitrogens with zero attached hydrogens (tertiary/aromatic N) is 1. The number of sulfonamides is 1. The first-order valence-corrected chi connectivity index (χ1v) is 13.4. The van der Waals surface area contributed by atoms with Gasteiger partial charge >= 0.3 is 0 Å². The van der Waals surface area contributed by atoms with Crippen LogP contribution in [0.4, 0.5) is 5.69 Å². The number of aromatic amines is 1. The number of sulfone groups is 1. The lowest BCUT2D eigenvalue weighted by Crippen LogP contribution is -2.13. The molecule has 0 saturated heterocycles. The zero-order valence-corrected chi connectivity index (χ0v) is 19.9. The summed E-state index contributed by atoms with van der Waals surface area (Å²) >= 11 is 0. The van der Waals surface area contributed by atoms with Crippen LogP contribution in [-0.4, -0.2) is 46.8 Å². The smallest absolute Gasteiger partial charge is 0.272 e. The number of rotatable bonds is 6. The van der Waals surface area contributed by atoms with Crippen molar-refractivity contribution in [2.24, 2.45) is 4.40 Å². The molecular weight excluding hydrogens is 478 g/mol. The van der Waals surface area contributed by atoms with E-state index in [2.05, 4.69) is 14.7 Å². The Labute approximate surface area is 197 Å². The minimum atomic E-state index is -3.80. The number of anilines is 1.